The molecule has 0 N–H and O–H groups in total. The second kappa shape index (κ2) is 8.31. The maximum atomic E-state index is 12.5. The van der Waals surface area contributed by atoms with E-state index in [1.165, 1.54) is 0 Å². The molecule has 27 heavy (non-hydrogen) atoms. The third kappa shape index (κ3) is 4.52. The van der Waals surface area contributed by atoms with Gasteiger partial charge >= 0.3 is 0 Å². The van der Waals surface area contributed by atoms with Crippen LogP contribution in [-0.4, -0.2) is 34.0 Å². The van der Waals surface area contributed by atoms with E-state index in [4.69, 9.17) is 4.52 Å². The molecule has 1 aliphatic rings. The lowest BCUT2D eigenvalue weighted by Crippen LogP contribution is -2.39. The minimum atomic E-state index is 0.0630. The first-order chi connectivity index (χ1) is 13.3. The molecule has 3 aromatic rings. The molecule has 1 saturated heterocycles. The van der Waals surface area contributed by atoms with Crippen LogP contribution in [0.25, 0.3) is 17.5 Å². The number of hydrogen-bond acceptors (Lipinski definition) is 5. The number of thiophene rings is 1. The van der Waals surface area contributed by atoms with Gasteiger partial charge in [0.1, 0.15) is 0 Å². The number of likely N-dealkylation sites (tertiary alicyclic amines) is 1. The van der Waals surface area contributed by atoms with Crippen LogP contribution < -0.4 is 0 Å². The molecule has 6 heteroatoms. The first kappa shape index (κ1) is 17.7. The van der Waals surface area contributed by atoms with E-state index in [-0.39, 0.29) is 5.91 Å². The van der Waals surface area contributed by atoms with Crippen molar-refractivity contribution in [1.82, 2.24) is 15.0 Å². The van der Waals surface area contributed by atoms with Crippen LogP contribution in [0.3, 0.4) is 0 Å². The predicted octanol–water partition coefficient (Wildman–Crippen LogP) is 4.29. The quantitative estimate of drug-likeness (QED) is 0.621. The molecular weight excluding hydrogens is 358 g/mol. The van der Waals surface area contributed by atoms with Gasteiger partial charge in [0.15, 0.2) is 0 Å². The van der Waals surface area contributed by atoms with Crippen LogP contribution in [-0.2, 0) is 11.2 Å². The number of rotatable bonds is 5. The van der Waals surface area contributed by atoms with Gasteiger partial charge in [-0.15, -0.1) is 0 Å². The fraction of sp³-hybridized carbons (Fsp3) is 0.286. The van der Waals surface area contributed by atoms with Crippen molar-refractivity contribution in [2.24, 2.45) is 5.92 Å². The molecule has 1 atom stereocenters. The van der Waals surface area contributed by atoms with E-state index in [1.807, 2.05) is 58.1 Å². The Morgan fingerprint density at radius 3 is 3.00 bits per heavy atom. The minimum absolute atomic E-state index is 0.0630. The van der Waals surface area contributed by atoms with Crippen molar-refractivity contribution in [3.63, 3.8) is 0 Å². The van der Waals surface area contributed by atoms with E-state index < -0.39 is 0 Å². The minimum Gasteiger partial charge on any atom is -0.339 e. The van der Waals surface area contributed by atoms with E-state index in [9.17, 15) is 4.79 Å². The highest BCUT2D eigenvalue weighted by Gasteiger charge is 2.24. The fourth-order valence-electron chi connectivity index (χ4n) is 3.36. The molecule has 0 radical (unpaired) electrons. The van der Waals surface area contributed by atoms with E-state index >= 15 is 0 Å². The van der Waals surface area contributed by atoms with Gasteiger partial charge < -0.3 is 9.42 Å². The molecule has 2 aromatic heterocycles. The van der Waals surface area contributed by atoms with Crippen molar-refractivity contribution in [2.75, 3.05) is 13.1 Å². The Hall–Kier alpha value is -2.73. The van der Waals surface area contributed by atoms with Crippen LogP contribution in [0.4, 0.5) is 0 Å². The van der Waals surface area contributed by atoms with Crippen LogP contribution in [0.2, 0.25) is 0 Å². The Balaban J connectivity index is 1.35. The third-order valence-corrected chi connectivity index (χ3v) is 5.44. The summed E-state index contributed by atoms with van der Waals surface area (Å²) in [6, 6.07) is 11.9. The molecule has 0 bridgehead atoms. The molecule has 1 aliphatic heterocycles. The largest absolute Gasteiger partial charge is 0.339 e. The topological polar surface area (TPSA) is 59.2 Å². The molecule has 1 fully saturated rings. The molecule has 1 amide bonds. The first-order valence-electron chi connectivity index (χ1n) is 9.15. The Morgan fingerprint density at radius 1 is 1.30 bits per heavy atom. The van der Waals surface area contributed by atoms with Gasteiger partial charge in [-0.2, -0.15) is 16.3 Å². The molecule has 3 heterocycles. The van der Waals surface area contributed by atoms with Crippen molar-refractivity contribution in [2.45, 2.75) is 19.3 Å². The van der Waals surface area contributed by atoms with Crippen LogP contribution in [0.1, 0.15) is 24.3 Å². The normalized spacial score (nSPS) is 17.5. The molecule has 1 aromatic carbocycles. The maximum Gasteiger partial charge on any atom is 0.246 e. The fourth-order valence-corrected chi connectivity index (χ4v) is 4.00. The van der Waals surface area contributed by atoms with Crippen LogP contribution in [0.15, 0.2) is 57.8 Å². The number of amides is 1. The van der Waals surface area contributed by atoms with Gasteiger partial charge in [0.25, 0.3) is 0 Å². The van der Waals surface area contributed by atoms with Gasteiger partial charge in [0.05, 0.1) is 0 Å². The molecule has 0 spiro atoms. The number of piperidine rings is 1. The molecule has 4 rings (SSSR count). The van der Waals surface area contributed by atoms with Crippen molar-refractivity contribution in [3.05, 3.63) is 64.7 Å². The summed E-state index contributed by atoms with van der Waals surface area (Å²) in [6.07, 6.45) is 6.32. The molecule has 0 saturated carbocycles. The number of aromatic nitrogens is 2. The lowest BCUT2D eigenvalue weighted by molar-refractivity contribution is -0.127. The van der Waals surface area contributed by atoms with E-state index in [1.54, 1.807) is 17.4 Å². The van der Waals surface area contributed by atoms with Crippen molar-refractivity contribution < 1.29 is 9.32 Å². The van der Waals surface area contributed by atoms with Gasteiger partial charge in [-0.3, -0.25) is 4.79 Å². The number of carbonyl (C=O) groups excluding carboxylic acids is 1. The van der Waals surface area contributed by atoms with Gasteiger partial charge in [0, 0.05) is 36.5 Å². The highest BCUT2D eigenvalue weighted by molar-refractivity contribution is 7.08. The third-order valence-electron chi connectivity index (χ3n) is 4.76. The summed E-state index contributed by atoms with van der Waals surface area (Å²) in [4.78, 5) is 18.9. The first-order valence-corrected chi connectivity index (χ1v) is 10.1. The number of hydrogen-bond donors (Lipinski definition) is 0. The lowest BCUT2D eigenvalue weighted by Gasteiger charge is -2.31. The zero-order valence-corrected chi connectivity index (χ0v) is 15.8. The summed E-state index contributed by atoms with van der Waals surface area (Å²) >= 11 is 1.61. The zero-order chi connectivity index (χ0) is 18.5. The average molecular weight is 379 g/mol. The summed E-state index contributed by atoms with van der Waals surface area (Å²) in [7, 11) is 0. The average Bonchev–Trinajstić information content (AvgIpc) is 3.39. The van der Waals surface area contributed by atoms with Crippen molar-refractivity contribution in [3.8, 4) is 11.4 Å². The van der Waals surface area contributed by atoms with Crippen LogP contribution in [0, 0.1) is 5.92 Å². The summed E-state index contributed by atoms with van der Waals surface area (Å²) in [5.74, 6) is 1.70. The molecular formula is C21H21N3O2S. The van der Waals surface area contributed by atoms with Crippen LogP contribution in [0.5, 0.6) is 0 Å². The van der Waals surface area contributed by atoms with E-state index in [2.05, 4.69) is 10.1 Å². The molecule has 1 unspecified atom stereocenters. The smallest absolute Gasteiger partial charge is 0.246 e. The zero-order valence-electron chi connectivity index (χ0n) is 15.0. The lowest BCUT2D eigenvalue weighted by atomic mass is 9.94. The van der Waals surface area contributed by atoms with Gasteiger partial charge in [0.2, 0.25) is 17.6 Å². The predicted molar refractivity (Wildman–Crippen MR) is 106 cm³/mol. The maximum absolute atomic E-state index is 12.5. The molecule has 0 aliphatic carbocycles. The van der Waals surface area contributed by atoms with E-state index in [0.29, 0.717) is 24.1 Å². The van der Waals surface area contributed by atoms with Gasteiger partial charge in [-0.05, 0) is 41.8 Å². The van der Waals surface area contributed by atoms with E-state index in [0.717, 1.165) is 37.1 Å². The highest BCUT2D eigenvalue weighted by Crippen LogP contribution is 2.23. The summed E-state index contributed by atoms with van der Waals surface area (Å²) in [5.41, 5.74) is 2.02. The monoisotopic (exact) mass is 379 g/mol. The second-order valence-corrected chi connectivity index (χ2v) is 7.54. The Morgan fingerprint density at radius 2 is 2.19 bits per heavy atom. The number of carbonyl (C=O) groups is 1. The molecule has 138 valence electrons. The second-order valence-electron chi connectivity index (χ2n) is 6.76. The van der Waals surface area contributed by atoms with Crippen molar-refractivity contribution in [1.29, 1.82) is 0 Å². The van der Waals surface area contributed by atoms with Gasteiger partial charge in [-0.1, -0.05) is 35.5 Å². The standard InChI is InChI=1S/C21H21N3O2S/c25-20(9-8-16-5-2-1-3-6-16)24-11-4-7-17(14-24)13-19-22-21(23-26-19)18-10-12-27-15-18/h1-3,5-6,8-10,12,15,17H,4,7,11,13-14H2. The molecule has 5 nitrogen and oxygen atoms in total. The SMILES string of the molecule is O=C(C=Cc1ccccc1)N1CCCC(Cc2nc(-c3ccsc3)no2)C1. The Bertz CT molecular complexity index is 903. The van der Waals surface area contributed by atoms with Gasteiger partial charge in [-0.25, -0.2) is 0 Å². The highest BCUT2D eigenvalue weighted by atomic mass is 32.1. The Labute approximate surface area is 162 Å². The Kier molecular flexibility index (Phi) is 5.44. The summed E-state index contributed by atoms with van der Waals surface area (Å²) in [5, 5.41) is 8.08. The number of nitrogens with zero attached hydrogens (tertiary/aromatic N) is 3. The summed E-state index contributed by atoms with van der Waals surface area (Å²) in [6.45, 7) is 1.53. The van der Waals surface area contributed by atoms with Crippen LogP contribution >= 0.6 is 11.3 Å². The summed E-state index contributed by atoms with van der Waals surface area (Å²) < 4.78 is 5.42. The van der Waals surface area contributed by atoms with Crippen molar-refractivity contribution >= 4 is 23.3 Å². The number of benzene rings is 1.